The number of piperidine rings is 1. The number of benzene rings is 2. The van der Waals surface area contributed by atoms with E-state index in [4.69, 9.17) is 5.11 Å². The summed E-state index contributed by atoms with van der Waals surface area (Å²) < 4.78 is 57.2. The van der Waals surface area contributed by atoms with Gasteiger partial charge in [-0.2, -0.15) is 0 Å². The number of aromatic nitrogens is 3. The molecule has 13 heteroatoms. The van der Waals surface area contributed by atoms with Gasteiger partial charge in [0.2, 0.25) is 20.0 Å². The van der Waals surface area contributed by atoms with Crippen LogP contribution in [0.5, 0.6) is 0 Å². The van der Waals surface area contributed by atoms with E-state index in [1.165, 1.54) is 12.8 Å². The van der Waals surface area contributed by atoms with Crippen molar-refractivity contribution in [2.75, 3.05) is 35.1 Å². The van der Waals surface area contributed by atoms with E-state index >= 15 is 0 Å². The molecular weight excluding hydrogens is 552 g/mol. The molecule has 0 atom stereocenters. The van der Waals surface area contributed by atoms with Gasteiger partial charge in [0.15, 0.2) is 0 Å². The highest BCUT2D eigenvalue weighted by Gasteiger charge is 2.44. The second-order valence-corrected chi connectivity index (χ2v) is 15.3. The first-order valence-electron chi connectivity index (χ1n) is 13.4. The fourth-order valence-electron chi connectivity index (χ4n) is 5.08. The predicted octanol–water partition coefficient (Wildman–Crippen LogP) is 3.13. The van der Waals surface area contributed by atoms with Crippen molar-refractivity contribution in [3.8, 4) is 16.9 Å². The van der Waals surface area contributed by atoms with Gasteiger partial charge in [-0.3, -0.25) is 4.72 Å². The number of hydrogen-bond acceptors (Lipinski definition) is 8. The molecule has 216 valence electrons. The zero-order chi connectivity index (χ0) is 28.8. The van der Waals surface area contributed by atoms with Crippen molar-refractivity contribution < 1.29 is 21.9 Å². The van der Waals surface area contributed by atoms with Crippen LogP contribution in [0.3, 0.4) is 0 Å². The molecule has 0 amide bonds. The van der Waals surface area contributed by atoms with E-state index in [2.05, 4.69) is 24.7 Å². The minimum atomic E-state index is -3.73. The van der Waals surface area contributed by atoms with Gasteiger partial charge in [0.1, 0.15) is 5.69 Å². The average Bonchev–Trinajstić information content (AvgIpc) is 3.43. The van der Waals surface area contributed by atoms with Gasteiger partial charge in [0, 0.05) is 24.2 Å². The zero-order valence-electron chi connectivity index (χ0n) is 23.0. The molecule has 1 saturated carbocycles. The molecule has 1 aliphatic heterocycles. The molecule has 1 aromatic heterocycles. The topological polar surface area (TPSA) is 147 Å². The molecule has 2 aromatic carbocycles. The van der Waals surface area contributed by atoms with Crippen molar-refractivity contribution in [2.45, 2.75) is 56.9 Å². The van der Waals surface area contributed by atoms with Gasteiger partial charge in [-0.25, -0.2) is 26.2 Å². The van der Waals surface area contributed by atoms with E-state index in [9.17, 15) is 16.8 Å². The Kier molecular flexibility index (Phi) is 7.44. The maximum Gasteiger partial charge on any atom is 0.241 e. The monoisotopic (exact) mass is 588 g/mol. The second-order valence-electron chi connectivity index (χ2n) is 11.8. The molecule has 0 bridgehead atoms. The third-order valence-corrected chi connectivity index (χ3v) is 10.4. The highest BCUT2D eigenvalue weighted by molar-refractivity contribution is 7.92. The number of hydrogen-bond donors (Lipinski definition) is 3. The summed E-state index contributed by atoms with van der Waals surface area (Å²) in [5.41, 5.74) is 2.90. The molecule has 5 rings (SSSR count). The van der Waals surface area contributed by atoms with E-state index in [1.807, 2.05) is 0 Å². The first-order chi connectivity index (χ1) is 18.8. The van der Waals surface area contributed by atoms with Gasteiger partial charge in [-0.05, 0) is 82.2 Å². The molecule has 11 nitrogen and oxygen atoms in total. The van der Waals surface area contributed by atoms with E-state index < -0.39 is 32.2 Å². The number of aliphatic hydroxyl groups excluding tert-OH is 1. The van der Waals surface area contributed by atoms with Crippen LogP contribution in [0.25, 0.3) is 16.9 Å². The molecule has 0 radical (unpaired) electrons. The third-order valence-electron chi connectivity index (χ3n) is 7.35. The van der Waals surface area contributed by atoms with E-state index in [0.29, 0.717) is 22.4 Å². The lowest BCUT2D eigenvalue weighted by atomic mass is 9.93. The Morgan fingerprint density at radius 2 is 1.70 bits per heavy atom. The van der Waals surface area contributed by atoms with Crippen LogP contribution in [0.2, 0.25) is 0 Å². The lowest BCUT2D eigenvalue weighted by Gasteiger charge is -2.35. The van der Waals surface area contributed by atoms with Crippen molar-refractivity contribution in [1.82, 2.24) is 19.7 Å². The van der Waals surface area contributed by atoms with Gasteiger partial charge in [0.25, 0.3) is 0 Å². The van der Waals surface area contributed by atoms with Crippen molar-refractivity contribution in [3.05, 3.63) is 48.7 Å². The standard InChI is InChI=1S/C27H36N6O5S2/c1-26(2,3)30-40(37,38)22-6-4-5-20(17-22)23-19-33(31-28-23)24-8-7-21(29-39(35,36)16-15-34)18-25(24)32-13-11-27(9-10-27)12-14-32/h4-8,17-19,29-30,34H,9-16H2,1-3H3. The maximum atomic E-state index is 12.9. The predicted molar refractivity (Wildman–Crippen MR) is 154 cm³/mol. The SMILES string of the molecule is CC(C)(C)NS(=O)(=O)c1cccc(-c2cn(-c3ccc(NS(=O)(=O)CCO)cc3N3CCC4(CC3)CC4)nn2)c1. The summed E-state index contributed by atoms with van der Waals surface area (Å²) in [5, 5.41) is 17.8. The number of nitrogens with zero attached hydrogens (tertiary/aromatic N) is 4. The highest BCUT2D eigenvalue weighted by Crippen LogP contribution is 2.54. The Labute approximate surface area is 235 Å². The number of aliphatic hydroxyl groups is 1. The fourth-order valence-corrected chi connectivity index (χ4v) is 7.37. The van der Waals surface area contributed by atoms with Crippen LogP contribution in [-0.4, -0.2) is 67.9 Å². The van der Waals surface area contributed by atoms with Crippen LogP contribution in [0.4, 0.5) is 11.4 Å². The smallest absolute Gasteiger partial charge is 0.241 e. The van der Waals surface area contributed by atoms with Crippen LogP contribution >= 0.6 is 0 Å². The summed E-state index contributed by atoms with van der Waals surface area (Å²) in [4.78, 5) is 2.38. The normalized spacial score (nSPS) is 17.2. The Hall–Kier alpha value is -3.00. The molecule has 2 heterocycles. The van der Waals surface area contributed by atoms with Gasteiger partial charge in [0.05, 0.1) is 40.5 Å². The van der Waals surface area contributed by atoms with Crippen LogP contribution in [-0.2, 0) is 20.0 Å². The molecule has 0 unspecified atom stereocenters. The number of sulfonamides is 2. The van der Waals surface area contributed by atoms with E-state index in [0.717, 1.165) is 37.3 Å². The third kappa shape index (κ3) is 6.48. The molecule has 1 spiro atoms. The molecule has 40 heavy (non-hydrogen) atoms. The van der Waals surface area contributed by atoms with Crippen molar-refractivity contribution in [2.24, 2.45) is 5.41 Å². The first-order valence-corrected chi connectivity index (χ1v) is 16.5. The van der Waals surface area contributed by atoms with Gasteiger partial charge in [-0.15, -0.1) is 5.10 Å². The summed E-state index contributed by atoms with van der Waals surface area (Å²) in [6.45, 7) is 6.59. The quantitative estimate of drug-likeness (QED) is 0.346. The minimum absolute atomic E-state index is 0.136. The molecule has 1 aliphatic carbocycles. The van der Waals surface area contributed by atoms with Crippen molar-refractivity contribution >= 4 is 31.4 Å². The van der Waals surface area contributed by atoms with Crippen molar-refractivity contribution in [1.29, 1.82) is 0 Å². The number of rotatable bonds is 9. The van der Waals surface area contributed by atoms with Crippen molar-refractivity contribution in [3.63, 3.8) is 0 Å². The average molecular weight is 589 g/mol. The molecule has 3 N–H and O–H groups in total. The molecule has 2 aliphatic rings. The molecule has 3 aromatic rings. The summed E-state index contributed by atoms with van der Waals surface area (Å²) in [6, 6.07) is 11.8. The van der Waals surface area contributed by atoms with Crippen LogP contribution in [0, 0.1) is 5.41 Å². The highest BCUT2D eigenvalue weighted by atomic mass is 32.2. The second kappa shape index (κ2) is 10.4. The lowest BCUT2D eigenvalue weighted by molar-refractivity contribution is 0.320. The summed E-state index contributed by atoms with van der Waals surface area (Å²) in [5.74, 6) is -0.386. The number of nitrogens with one attached hydrogen (secondary N) is 2. The van der Waals surface area contributed by atoms with Gasteiger partial charge in [-0.1, -0.05) is 17.3 Å². The van der Waals surface area contributed by atoms with Crippen LogP contribution in [0.1, 0.15) is 46.5 Å². The maximum absolute atomic E-state index is 12.9. The van der Waals surface area contributed by atoms with Gasteiger partial charge < -0.3 is 10.0 Å². The molecule has 2 fully saturated rings. The van der Waals surface area contributed by atoms with Gasteiger partial charge >= 0.3 is 0 Å². The Morgan fingerprint density at radius 3 is 2.35 bits per heavy atom. The summed E-state index contributed by atoms with van der Waals surface area (Å²) in [6.07, 6.45) is 6.44. The fraction of sp³-hybridized carbons (Fsp3) is 0.481. The molecule has 1 saturated heterocycles. The van der Waals surface area contributed by atoms with Crippen LogP contribution in [0.15, 0.2) is 53.6 Å². The Bertz CT molecular complexity index is 1600. The Morgan fingerprint density at radius 1 is 0.975 bits per heavy atom. The number of anilines is 2. The van der Waals surface area contributed by atoms with Crippen LogP contribution < -0.4 is 14.3 Å². The van der Waals surface area contributed by atoms with E-state index in [1.54, 1.807) is 74.1 Å². The summed E-state index contributed by atoms with van der Waals surface area (Å²) >= 11 is 0. The first kappa shape index (κ1) is 28.5. The summed E-state index contributed by atoms with van der Waals surface area (Å²) in [7, 11) is -7.41. The van der Waals surface area contributed by atoms with E-state index in [-0.39, 0.29) is 10.6 Å². The zero-order valence-corrected chi connectivity index (χ0v) is 24.6. The Balaban J connectivity index is 1.47. The molecular formula is C27H36N6O5S2. The largest absolute Gasteiger partial charge is 0.395 e. The minimum Gasteiger partial charge on any atom is -0.395 e. The lowest BCUT2D eigenvalue weighted by Crippen LogP contribution is -2.40.